The maximum Gasteiger partial charge on any atom is 0.0602 e. The van der Waals surface area contributed by atoms with E-state index in [9.17, 15) is 0 Å². The Hall–Kier alpha value is 0.210. The molecule has 0 atom stereocenters. The van der Waals surface area contributed by atoms with Gasteiger partial charge in [-0.2, -0.15) is 0 Å². The summed E-state index contributed by atoms with van der Waals surface area (Å²) in [6.07, 6.45) is 0. The van der Waals surface area contributed by atoms with Crippen molar-refractivity contribution in [2.45, 2.75) is 13.8 Å². The van der Waals surface area contributed by atoms with Crippen LogP contribution in [-0.2, 0) is 4.74 Å². The van der Waals surface area contributed by atoms with Crippen LogP contribution in [0.2, 0.25) is 0 Å². The zero-order valence-corrected chi connectivity index (χ0v) is 9.10. The summed E-state index contributed by atoms with van der Waals surface area (Å²) < 4.78 is 5.26. The van der Waals surface area contributed by atoms with Crippen molar-refractivity contribution in [1.82, 2.24) is 4.90 Å². The topological polar surface area (TPSA) is 12.5 Å². The van der Waals surface area contributed by atoms with E-state index in [2.05, 4.69) is 25.8 Å². The number of likely N-dealkylation sites (N-methyl/N-ethyl adjacent to an activating group) is 1. The second-order valence-electron chi connectivity index (χ2n) is 3.46. The van der Waals surface area contributed by atoms with Gasteiger partial charge in [-0.25, -0.2) is 0 Å². The summed E-state index contributed by atoms with van der Waals surface area (Å²) >= 11 is 5.46. The normalized spacial score (nSPS) is 11.5. The molecule has 0 aromatic rings. The highest BCUT2D eigenvalue weighted by molar-refractivity contribution is 6.17. The number of nitrogens with zero attached hydrogens (tertiary/aromatic N) is 1. The third kappa shape index (κ3) is 8.31. The highest BCUT2D eigenvalue weighted by Crippen LogP contribution is 1.94. The molecule has 0 aromatic heterocycles. The Morgan fingerprint density at radius 1 is 1.33 bits per heavy atom. The molecule has 0 spiro atoms. The van der Waals surface area contributed by atoms with Crippen molar-refractivity contribution in [3.63, 3.8) is 0 Å². The summed E-state index contributed by atoms with van der Waals surface area (Å²) in [4.78, 5) is 2.28. The summed E-state index contributed by atoms with van der Waals surface area (Å²) in [6, 6.07) is 0. The van der Waals surface area contributed by atoms with Gasteiger partial charge in [0.25, 0.3) is 0 Å². The van der Waals surface area contributed by atoms with Crippen molar-refractivity contribution in [1.29, 1.82) is 0 Å². The SMILES string of the molecule is CC(C)CN(C)CCOCCCl. The monoisotopic (exact) mass is 193 g/mol. The molecule has 2 nitrogen and oxygen atoms in total. The van der Waals surface area contributed by atoms with Crippen LogP contribution in [0.25, 0.3) is 0 Å². The number of hydrogen-bond donors (Lipinski definition) is 0. The van der Waals surface area contributed by atoms with Crippen LogP contribution in [-0.4, -0.2) is 44.1 Å². The summed E-state index contributed by atoms with van der Waals surface area (Å²) in [5.74, 6) is 1.32. The minimum atomic E-state index is 0.591. The average molecular weight is 194 g/mol. The largest absolute Gasteiger partial charge is 0.379 e. The highest BCUT2D eigenvalue weighted by atomic mass is 35.5. The summed E-state index contributed by atoms with van der Waals surface area (Å²) in [6.45, 7) is 8.01. The van der Waals surface area contributed by atoms with Gasteiger partial charge in [-0.05, 0) is 13.0 Å². The van der Waals surface area contributed by atoms with Gasteiger partial charge in [-0.3, -0.25) is 0 Å². The first-order valence-corrected chi connectivity index (χ1v) is 5.02. The zero-order chi connectivity index (χ0) is 9.40. The summed E-state index contributed by atoms with van der Waals surface area (Å²) in [5, 5.41) is 0. The number of alkyl halides is 1. The lowest BCUT2D eigenvalue weighted by Gasteiger charge is -2.18. The molecule has 0 aliphatic rings. The van der Waals surface area contributed by atoms with E-state index in [1.165, 1.54) is 0 Å². The molecular weight excluding hydrogens is 174 g/mol. The van der Waals surface area contributed by atoms with E-state index in [1.807, 2.05) is 0 Å². The Kier molecular flexibility index (Phi) is 7.98. The minimum Gasteiger partial charge on any atom is -0.379 e. The first-order chi connectivity index (χ1) is 5.66. The number of rotatable bonds is 7. The smallest absolute Gasteiger partial charge is 0.0602 e. The van der Waals surface area contributed by atoms with Crippen molar-refractivity contribution in [2.24, 2.45) is 5.92 Å². The fraction of sp³-hybridized carbons (Fsp3) is 1.00. The molecule has 0 aromatic carbocycles. The quantitative estimate of drug-likeness (QED) is 0.452. The fourth-order valence-corrected chi connectivity index (χ4v) is 1.20. The van der Waals surface area contributed by atoms with Crippen LogP contribution in [0.1, 0.15) is 13.8 Å². The van der Waals surface area contributed by atoms with Crippen molar-refractivity contribution in [2.75, 3.05) is 39.2 Å². The van der Waals surface area contributed by atoms with Gasteiger partial charge in [0.2, 0.25) is 0 Å². The van der Waals surface area contributed by atoms with E-state index >= 15 is 0 Å². The third-order valence-corrected chi connectivity index (χ3v) is 1.67. The van der Waals surface area contributed by atoms with Crippen molar-refractivity contribution in [3.05, 3.63) is 0 Å². The van der Waals surface area contributed by atoms with Gasteiger partial charge in [0.1, 0.15) is 0 Å². The van der Waals surface area contributed by atoms with E-state index in [0.29, 0.717) is 12.5 Å². The van der Waals surface area contributed by atoms with Crippen LogP contribution in [0.15, 0.2) is 0 Å². The zero-order valence-electron chi connectivity index (χ0n) is 8.35. The molecule has 0 N–H and O–H groups in total. The number of ether oxygens (including phenoxy) is 1. The molecular formula is C9H20ClNO. The molecule has 0 aliphatic heterocycles. The van der Waals surface area contributed by atoms with E-state index in [-0.39, 0.29) is 0 Å². The van der Waals surface area contributed by atoms with Crippen LogP contribution >= 0.6 is 11.6 Å². The molecule has 0 heterocycles. The Balaban J connectivity index is 3.14. The van der Waals surface area contributed by atoms with Crippen molar-refractivity contribution >= 4 is 11.6 Å². The van der Waals surface area contributed by atoms with Gasteiger partial charge >= 0.3 is 0 Å². The van der Waals surface area contributed by atoms with Gasteiger partial charge in [-0.1, -0.05) is 13.8 Å². The van der Waals surface area contributed by atoms with Crippen LogP contribution < -0.4 is 0 Å². The van der Waals surface area contributed by atoms with Crippen molar-refractivity contribution < 1.29 is 4.74 Å². The van der Waals surface area contributed by atoms with Gasteiger partial charge < -0.3 is 9.64 Å². The molecule has 0 aliphatic carbocycles. The number of halogens is 1. The lowest BCUT2D eigenvalue weighted by Crippen LogP contribution is -2.27. The molecule has 0 bridgehead atoms. The second kappa shape index (κ2) is 7.84. The average Bonchev–Trinajstić information content (AvgIpc) is 1.97. The highest BCUT2D eigenvalue weighted by Gasteiger charge is 2.00. The van der Waals surface area contributed by atoms with Crippen molar-refractivity contribution in [3.8, 4) is 0 Å². The Morgan fingerprint density at radius 2 is 2.00 bits per heavy atom. The third-order valence-electron chi connectivity index (χ3n) is 1.52. The maximum atomic E-state index is 5.46. The predicted molar refractivity (Wildman–Crippen MR) is 53.9 cm³/mol. The lowest BCUT2D eigenvalue weighted by atomic mass is 10.2. The van der Waals surface area contributed by atoms with Gasteiger partial charge in [0.15, 0.2) is 0 Å². The standard InChI is InChI=1S/C9H20ClNO/c1-9(2)8-11(3)5-7-12-6-4-10/h9H,4-8H2,1-3H3. The predicted octanol–water partition coefficient (Wildman–Crippen LogP) is 1.83. The summed E-state index contributed by atoms with van der Waals surface area (Å²) in [5.41, 5.74) is 0. The van der Waals surface area contributed by atoms with E-state index < -0.39 is 0 Å². The molecule has 74 valence electrons. The fourth-order valence-electron chi connectivity index (χ4n) is 1.09. The second-order valence-corrected chi connectivity index (χ2v) is 3.84. The molecule has 3 heteroatoms. The molecule has 0 saturated carbocycles. The molecule has 12 heavy (non-hydrogen) atoms. The Labute approximate surface area is 80.8 Å². The minimum absolute atomic E-state index is 0.591. The van der Waals surface area contributed by atoms with Gasteiger partial charge in [0, 0.05) is 19.0 Å². The molecule has 0 saturated heterocycles. The first-order valence-electron chi connectivity index (χ1n) is 4.49. The van der Waals surface area contributed by atoms with Crippen LogP contribution in [0.5, 0.6) is 0 Å². The van der Waals surface area contributed by atoms with E-state index in [0.717, 1.165) is 25.6 Å². The van der Waals surface area contributed by atoms with E-state index in [4.69, 9.17) is 16.3 Å². The lowest BCUT2D eigenvalue weighted by molar-refractivity contribution is 0.120. The van der Waals surface area contributed by atoms with Gasteiger partial charge in [0.05, 0.1) is 13.2 Å². The molecule has 0 rings (SSSR count). The molecule has 0 unspecified atom stereocenters. The Morgan fingerprint density at radius 3 is 2.50 bits per heavy atom. The van der Waals surface area contributed by atoms with Crippen LogP contribution in [0.4, 0.5) is 0 Å². The Bertz CT molecular complexity index is 98.5. The van der Waals surface area contributed by atoms with Gasteiger partial charge in [-0.15, -0.1) is 11.6 Å². The first kappa shape index (κ1) is 12.2. The molecule has 0 radical (unpaired) electrons. The van der Waals surface area contributed by atoms with E-state index in [1.54, 1.807) is 0 Å². The molecule has 0 amide bonds. The van der Waals surface area contributed by atoms with Crippen LogP contribution in [0.3, 0.4) is 0 Å². The van der Waals surface area contributed by atoms with Crippen LogP contribution in [0, 0.1) is 5.92 Å². The molecule has 0 fully saturated rings. The maximum absolute atomic E-state index is 5.46. The summed E-state index contributed by atoms with van der Waals surface area (Å²) in [7, 11) is 2.12. The number of hydrogen-bond acceptors (Lipinski definition) is 2.